The summed E-state index contributed by atoms with van der Waals surface area (Å²) in [7, 11) is 0. The topological polar surface area (TPSA) is 70.5 Å². The molecule has 4 rings (SSSR count). The van der Waals surface area contributed by atoms with Gasteiger partial charge in [-0.3, -0.25) is 19.5 Å². The van der Waals surface area contributed by atoms with Gasteiger partial charge in [0.05, 0.1) is 11.6 Å². The summed E-state index contributed by atoms with van der Waals surface area (Å²) in [5.41, 5.74) is 3.24. The second-order valence-corrected chi connectivity index (χ2v) is 7.30. The Kier molecular flexibility index (Phi) is 4.91. The van der Waals surface area contributed by atoms with E-state index in [0.29, 0.717) is 16.8 Å². The third-order valence-electron chi connectivity index (χ3n) is 5.07. The SMILES string of the molecule is Cc1cc(C)cc(N2C(=O)C(=O)/C(=C(/O)c3ccncc3)C2c2ccc(F)cc2)c1. The Labute approximate surface area is 173 Å². The number of amides is 1. The monoisotopic (exact) mass is 402 g/mol. The summed E-state index contributed by atoms with van der Waals surface area (Å²) in [6.07, 6.45) is 2.98. The van der Waals surface area contributed by atoms with Crippen LogP contribution >= 0.6 is 0 Å². The number of anilines is 1. The lowest BCUT2D eigenvalue weighted by Gasteiger charge is -2.26. The van der Waals surface area contributed by atoms with Crippen LogP contribution in [-0.2, 0) is 9.59 Å². The van der Waals surface area contributed by atoms with E-state index >= 15 is 0 Å². The summed E-state index contributed by atoms with van der Waals surface area (Å²) in [4.78, 5) is 31.4. The summed E-state index contributed by atoms with van der Waals surface area (Å²) < 4.78 is 13.6. The number of benzene rings is 2. The lowest BCUT2D eigenvalue weighted by atomic mass is 9.95. The molecule has 2 heterocycles. The fourth-order valence-corrected chi connectivity index (χ4v) is 3.81. The summed E-state index contributed by atoms with van der Waals surface area (Å²) >= 11 is 0. The van der Waals surface area contributed by atoms with Gasteiger partial charge in [-0.05, 0) is 66.9 Å². The number of carbonyl (C=O) groups is 2. The smallest absolute Gasteiger partial charge is 0.300 e. The fourth-order valence-electron chi connectivity index (χ4n) is 3.81. The van der Waals surface area contributed by atoms with Crippen molar-refractivity contribution < 1.29 is 19.1 Å². The van der Waals surface area contributed by atoms with Gasteiger partial charge in [0.1, 0.15) is 11.6 Å². The number of aromatic nitrogens is 1. The van der Waals surface area contributed by atoms with Crippen LogP contribution < -0.4 is 4.90 Å². The molecule has 0 radical (unpaired) electrons. The molecule has 0 saturated carbocycles. The predicted octanol–water partition coefficient (Wildman–Crippen LogP) is 4.46. The van der Waals surface area contributed by atoms with Gasteiger partial charge in [-0.1, -0.05) is 18.2 Å². The molecule has 2 aromatic carbocycles. The van der Waals surface area contributed by atoms with Crippen LogP contribution in [0.25, 0.3) is 5.76 Å². The molecule has 1 fully saturated rings. The lowest BCUT2D eigenvalue weighted by molar-refractivity contribution is -0.132. The first-order valence-electron chi connectivity index (χ1n) is 9.42. The second-order valence-electron chi connectivity index (χ2n) is 7.30. The number of aryl methyl sites for hydroxylation is 2. The number of rotatable bonds is 3. The summed E-state index contributed by atoms with van der Waals surface area (Å²) in [5.74, 6) is -2.27. The molecule has 1 atom stereocenters. The van der Waals surface area contributed by atoms with E-state index in [1.54, 1.807) is 24.3 Å². The van der Waals surface area contributed by atoms with Crippen LogP contribution in [0, 0.1) is 19.7 Å². The maximum Gasteiger partial charge on any atom is 0.300 e. The van der Waals surface area contributed by atoms with Gasteiger partial charge < -0.3 is 5.11 Å². The Morgan fingerprint density at radius 3 is 2.17 bits per heavy atom. The first-order valence-corrected chi connectivity index (χ1v) is 9.42. The van der Waals surface area contributed by atoms with Crippen LogP contribution in [0.15, 0.2) is 72.6 Å². The minimum atomic E-state index is -0.889. The first kappa shape index (κ1) is 19.5. The molecule has 150 valence electrons. The van der Waals surface area contributed by atoms with Crippen molar-refractivity contribution in [3.8, 4) is 0 Å². The van der Waals surface area contributed by atoms with Crippen molar-refractivity contribution in [2.24, 2.45) is 0 Å². The second kappa shape index (κ2) is 7.55. The number of Topliss-reactive ketones (excluding diaryl/α,β-unsaturated/α-hetero) is 1. The highest BCUT2D eigenvalue weighted by Crippen LogP contribution is 2.42. The van der Waals surface area contributed by atoms with Crippen LogP contribution in [0.1, 0.15) is 28.3 Å². The van der Waals surface area contributed by atoms with Crippen LogP contribution in [0.2, 0.25) is 0 Å². The number of aliphatic hydroxyl groups is 1. The van der Waals surface area contributed by atoms with Gasteiger partial charge in [0.15, 0.2) is 0 Å². The Balaban J connectivity index is 1.97. The number of hydrogen-bond donors (Lipinski definition) is 1. The summed E-state index contributed by atoms with van der Waals surface area (Å²) in [5, 5.41) is 10.9. The van der Waals surface area contributed by atoms with Gasteiger partial charge in [-0.2, -0.15) is 0 Å². The van der Waals surface area contributed by atoms with Gasteiger partial charge in [-0.25, -0.2) is 4.39 Å². The highest BCUT2D eigenvalue weighted by atomic mass is 19.1. The fraction of sp³-hybridized carbons (Fsp3) is 0.125. The van der Waals surface area contributed by atoms with Crippen molar-refractivity contribution in [1.29, 1.82) is 0 Å². The number of nitrogens with zero attached hydrogens (tertiary/aromatic N) is 2. The zero-order valence-electron chi connectivity index (χ0n) is 16.5. The molecule has 0 spiro atoms. The number of carbonyl (C=O) groups excluding carboxylic acids is 2. The van der Waals surface area contributed by atoms with Crippen molar-refractivity contribution in [2.45, 2.75) is 19.9 Å². The Bertz CT molecular complexity index is 1150. The van der Waals surface area contributed by atoms with E-state index in [0.717, 1.165) is 11.1 Å². The van der Waals surface area contributed by atoms with Gasteiger partial charge in [0, 0.05) is 23.6 Å². The van der Waals surface area contributed by atoms with Crippen LogP contribution in [-0.4, -0.2) is 21.8 Å². The first-order chi connectivity index (χ1) is 14.4. The normalized spacial score (nSPS) is 18.1. The molecule has 3 aromatic rings. The van der Waals surface area contributed by atoms with E-state index < -0.39 is 23.5 Å². The van der Waals surface area contributed by atoms with Gasteiger partial charge in [0.25, 0.3) is 11.7 Å². The average Bonchev–Trinajstić information content (AvgIpc) is 2.99. The van der Waals surface area contributed by atoms with Crippen molar-refractivity contribution in [3.05, 3.63) is 101 Å². The summed E-state index contributed by atoms with van der Waals surface area (Å²) in [6.45, 7) is 3.80. The van der Waals surface area contributed by atoms with E-state index in [1.807, 2.05) is 19.9 Å². The molecule has 1 aromatic heterocycles. The highest BCUT2D eigenvalue weighted by Gasteiger charge is 2.47. The molecule has 0 bridgehead atoms. The van der Waals surface area contributed by atoms with Crippen LogP contribution in [0.5, 0.6) is 0 Å². The highest BCUT2D eigenvalue weighted by molar-refractivity contribution is 6.51. The molecule has 0 aliphatic carbocycles. The number of aliphatic hydroxyl groups excluding tert-OH is 1. The maximum atomic E-state index is 13.6. The molecule has 1 amide bonds. The van der Waals surface area contributed by atoms with E-state index in [1.165, 1.54) is 41.6 Å². The minimum absolute atomic E-state index is 0.0445. The van der Waals surface area contributed by atoms with Crippen molar-refractivity contribution >= 4 is 23.1 Å². The van der Waals surface area contributed by atoms with Crippen molar-refractivity contribution in [3.63, 3.8) is 0 Å². The predicted molar refractivity (Wildman–Crippen MR) is 111 cm³/mol. The minimum Gasteiger partial charge on any atom is -0.507 e. The summed E-state index contributed by atoms with van der Waals surface area (Å²) in [6, 6.07) is 13.4. The molecular formula is C24H19FN2O3. The molecule has 5 nitrogen and oxygen atoms in total. The Hall–Kier alpha value is -3.80. The Morgan fingerprint density at radius 1 is 0.967 bits per heavy atom. The van der Waals surface area contributed by atoms with Crippen LogP contribution in [0.3, 0.4) is 0 Å². The standard InChI is InChI=1S/C24H19FN2O3/c1-14-11-15(2)13-19(12-14)27-21(16-3-5-18(25)6-4-16)20(23(29)24(27)30)22(28)17-7-9-26-10-8-17/h3-13,21,28H,1-2H3/b22-20+. The average molecular weight is 402 g/mol. The number of pyridine rings is 1. The van der Waals surface area contributed by atoms with Crippen LogP contribution in [0.4, 0.5) is 10.1 Å². The zero-order chi connectivity index (χ0) is 21.4. The third kappa shape index (κ3) is 3.37. The van der Waals surface area contributed by atoms with Gasteiger partial charge >= 0.3 is 0 Å². The molecule has 1 saturated heterocycles. The quantitative estimate of drug-likeness (QED) is 0.399. The maximum absolute atomic E-state index is 13.6. The number of ketones is 1. The molecule has 1 aliphatic rings. The van der Waals surface area contributed by atoms with Gasteiger partial charge in [0.2, 0.25) is 0 Å². The van der Waals surface area contributed by atoms with E-state index in [9.17, 15) is 19.1 Å². The lowest BCUT2D eigenvalue weighted by Crippen LogP contribution is -2.29. The number of halogens is 1. The molecule has 30 heavy (non-hydrogen) atoms. The zero-order valence-corrected chi connectivity index (χ0v) is 16.5. The molecule has 1 aliphatic heterocycles. The molecule has 1 unspecified atom stereocenters. The van der Waals surface area contributed by atoms with E-state index in [4.69, 9.17) is 0 Å². The molecule has 6 heteroatoms. The Morgan fingerprint density at radius 2 is 1.57 bits per heavy atom. The molecular weight excluding hydrogens is 383 g/mol. The van der Waals surface area contributed by atoms with Crippen molar-refractivity contribution in [2.75, 3.05) is 4.90 Å². The largest absolute Gasteiger partial charge is 0.507 e. The third-order valence-corrected chi connectivity index (χ3v) is 5.07. The van der Waals surface area contributed by atoms with Crippen molar-refractivity contribution in [1.82, 2.24) is 4.98 Å². The van der Waals surface area contributed by atoms with Gasteiger partial charge in [-0.15, -0.1) is 0 Å². The van der Waals surface area contributed by atoms with E-state index in [2.05, 4.69) is 4.98 Å². The van der Waals surface area contributed by atoms with E-state index in [-0.39, 0.29) is 11.3 Å². The number of hydrogen-bond acceptors (Lipinski definition) is 4. The molecule has 1 N–H and O–H groups in total.